The number of aliphatic carboxylic acids is 1. The molecule has 6 nitrogen and oxygen atoms in total. The molecule has 1 rings (SSSR count). The van der Waals surface area contributed by atoms with Crippen molar-refractivity contribution in [1.82, 2.24) is 5.32 Å². The maximum Gasteiger partial charge on any atom is 0.303 e. The van der Waals surface area contributed by atoms with Gasteiger partial charge in [0, 0.05) is 6.42 Å². The van der Waals surface area contributed by atoms with Crippen LogP contribution in [0.2, 0.25) is 0 Å². The summed E-state index contributed by atoms with van der Waals surface area (Å²) in [6.45, 7) is -0.0929. The van der Waals surface area contributed by atoms with E-state index in [4.69, 9.17) is 15.9 Å². The predicted octanol–water partition coefficient (Wildman–Crippen LogP) is -0.790. The van der Waals surface area contributed by atoms with Crippen LogP contribution in [0.5, 0.6) is 0 Å². The first-order chi connectivity index (χ1) is 7.49. The molecule has 0 spiro atoms. The summed E-state index contributed by atoms with van der Waals surface area (Å²) in [6.07, 6.45) is 2.47. The van der Waals surface area contributed by atoms with Crippen molar-refractivity contribution in [2.24, 2.45) is 5.73 Å². The lowest BCUT2D eigenvalue weighted by atomic mass is 9.77. The zero-order valence-corrected chi connectivity index (χ0v) is 9.11. The summed E-state index contributed by atoms with van der Waals surface area (Å²) >= 11 is 0. The van der Waals surface area contributed by atoms with Crippen LogP contribution in [-0.2, 0) is 9.59 Å². The third kappa shape index (κ3) is 3.18. The molecule has 0 bridgehead atoms. The summed E-state index contributed by atoms with van der Waals surface area (Å²) in [4.78, 5) is 21.9. The van der Waals surface area contributed by atoms with Crippen LogP contribution in [0, 0.1) is 0 Å². The third-order valence-electron chi connectivity index (χ3n) is 3.01. The first-order valence-electron chi connectivity index (χ1n) is 5.39. The molecule has 1 aliphatic carbocycles. The number of aliphatic hydroxyl groups excluding tert-OH is 1. The van der Waals surface area contributed by atoms with E-state index >= 15 is 0 Å². The molecule has 5 N–H and O–H groups in total. The van der Waals surface area contributed by atoms with E-state index in [1.165, 1.54) is 0 Å². The van der Waals surface area contributed by atoms with Crippen molar-refractivity contribution in [3.63, 3.8) is 0 Å². The Morgan fingerprint density at radius 1 is 1.44 bits per heavy atom. The summed E-state index contributed by atoms with van der Waals surface area (Å²) in [5.74, 6) is -1.35. The van der Waals surface area contributed by atoms with Crippen molar-refractivity contribution < 1.29 is 19.8 Å². The number of nitrogens with two attached hydrogens (primary N) is 1. The molecule has 0 radical (unpaired) electrons. The number of aliphatic hydroxyl groups is 1. The van der Waals surface area contributed by atoms with Gasteiger partial charge < -0.3 is 21.3 Å². The summed E-state index contributed by atoms with van der Waals surface area (Å²) in [5, 5.41) is 20.3. The van der Waals surface area contributed by atoms with E-state index in [1.54, 1.807) is 0 Å². The lowest BCUT2D eigenvalue weighted by molar-refractivity contribution is -0.137. The highest BCUT2D eigenvalue weighted by Crippen LogP contribution is 2.31. The van der Waals surface area contributed by atoms with E-state index in [2.05, 4.69) is 5.32 Å². The summed E-state index contributed by atoms with van der Waals surface area (Å²) in [6, 6.07) is -0.819. The number of nitrogens with one attached hydrogen (secondary N) is 1. The van der Waals surface area contributed by atoms with Gasteiger partial charge in [0.1, 0.15) is 0 Å². The summed E-state index contributed by atoms with van der Waals surface area (Å²) < 4.78 is 0. The highest BCUT2D eigenvalue weighted by molar-refractivity contribution is 5.83. The van der Waals surface area contributed by atoms with Crippen LogP contribution in [0.1, 0.15) is 32.1 Å². The molecule has 0 aromatic carbocycles. The second-order valence-electron chi connectivity index (χ2n) is 4.32. The quantitative estimate of drug-likeness (QED) is 0.477. The fraction of sp³-hybridized carbons (Fsp3) is 0.800. The minimum absolute atomic E-state index is 0.0929. The molecule has 1 atom stereocenters. The molecular formula is C10H18N2O4. The molecule has 6 heteroatoms. The second-order valence-corrected chi connectivity index (χ2v) is 4.32. The molecule has 0 saturated heterocycles. The molecule has 0 aromatic heterocycles. The topological polar surface area (TPSA) is 113 Å². The minimum atomic E-state index is -0.969. The van der Waals surface area contributed by atoms with Gasteiger partial charge in [-0.15, -0.1) is 0 Å². The highest BCUT2D eigenvalue weighted by Gasteiger charge is 2.38. The molecule has 1 fully saturated rings. The van der Waals surface area contributed by atoms with Crippen molar-refractivity contribution in [2.45, 2.75) is 43.7 Å². The van der Waals surface area contributed by atoms with E-state index in [1.807, 2.05) is 0 Å². The minimum Gasteiger partial charge on any atom is -0.481 e. The van der Waals surface area contributed by atoms with Crippen LogP contribution in [0.15, 0.2) is 0 Å². The summed E-state index contributed by atoms with van der Waals surface area (Å²) in [7, 11) is 0. The zero-order chi connectivity index (χ0) is 12.2. The molecule has 1 unspecified atom stereocenters. The second kappa shape index (κ2) is 5.27. The molecular weight excluding hydrogens is 212 g/mol. The Bertz CT molecular complexity index is 270. The molecule has 1 saturated carbocycles. The lowest BCUT2D eigenvalue weighted by Gasteiger charge is -2.41. The Labute approximate surface area is 93.8 Å². The van der Waals surface area contributed by atoms with Gasteiger partial charge in [-0.3, -0.25) is 9.59 Å². The molecule has 0 heterocycles. The van der Waals surface area contributed by atoms with Gasteiger partial charge in [0.2, 0.25) is 5.91 Å². The molecule has 1 amide bonds. The molecule has 0 aromatic rings. The van der Waals surface area contributed by atoms with E-state index < -0.39 is 17.6 Å². The fourth-order valence-electron chi connectivity index (χ4n) is 1.69. The van der Waals surface area contributed by atoms with Crippen LogP contribution >= 0.6 is 0 Å². The first-order valence-corrected chi connectivity index (χ1v) is 5.39. The number of rotatable bonds is 6. The number of amides is 1. The third-order valence-corrected chi connectivity index (χ3v) is 3.01. The van der Waals surface area contributed by atoms with Crippen LogP contribution in [-0.4, -0.2) is 40.3 Å². The van der Waals surface area contributed by atoms with Crippen molar-refractivity contribution in [2.75, 3.05) is 6.61 Å². The largest absolute Gasteiger partial charge is 0.481 e. The van der Waals surface area contributed by atoms with Crippen LogP contribution in [0.4, 0.5) is 0 Å². The van der Waals surface area contributed by atoms with E-state index in [-0.39, 0.29) is 25.4 Å². The number of carboxylic acid groups (broad SMARTS) is 1. The zero-order valence-electron chi connectivity index (χ0n) is 9.11. The van der Waals surface area contributed by atoms with Crippen molar-refractivity contribution in [3.8, 4) is 0 Å². The monoisotopic (exact) mass is 230 g/mol. The molecule has 1 aliphatic rings. The Hall–Kier alpha value is -1.14. The van der Waals surface area contributed by atoms with Crippen LogP contribution in [0.3, 0.4) is 0 Å². The molecule has 0 aliphatic heterocycles. The number of hydrogen-bond acceptors (Lipinski definition) is 4. The van der Waals surface area contributed by atoms with Gasteiger partial charge in [0.15, 0.2) is 0 Å². The number of carbonyl (C=O) groups is 2. The average Bonchev–Trinajstić information content (AvgIpc) is 2.19. The van der Waals surface area contributed by atoms with Crippen LogP contribution < -0.4 is 11.1 Å². The maximum atomic E-state index is 11.6. The average molecular weight is 230 g/mol. The number of carboxylic acids is 1. The standard InChI is InChI=1S/C10H18N2O4/c11-7(2-3-8(14)15)9(16)12-10(6-13)4-1-5-10/h7,13H,1-6,11H2,(H,12,16)(H,14,15). The SMILES string of the molecule is NC(CCC(=O)O)C(=O)NC1(CO)CCC1. The highest BCUT2D eigenvalue weighted by atomic mass is 16.4. The van der Waals surface area contributed by atoms with E-state index in [0.717, 1.165) is 19.3 Å². The lowest BCUT2D eigenvalue weighted by Crippen LogP contribution is -2.59. The van der Waals surface area contributed by atoms with Gasteiger partial charge in [-0.2, -0.15) is 0 Å². The van der Waals surface area contributed by atoms with E-state index in [9.17, 15) is 9.59 Å². The fourth-order valence-corrected chi connectivity index (χ4v) is 1.69. The van der Waals surface area contributed by atoms with Gasteiger partial charge in [0.25, 0.3) is 0 Å². The van der Waals surface area contributed by atoms with Crippen molar-refractivity contribution in [3.05, 3.63) is 0 Å². The van der Waals surface area contributed by atoms with Gasteiger partial charge in [-0.05, 0) is 25.7 Å². The Kier molecular flexibility index (Phi) is 4.26. The van der Waals surface area contributed by atoms with Gasteiger partial charge in [0.05, 0.1) is 18.2 Å². The van der Waals surface area contributed by atoms with E-state index in [0.29, 0.717) is 0 Å². The van der Waals surface area contributed by atoms with Gasteiger partial charge in [-0.25, -0.2) is 0 Å². The normalized spacial score (nSPS) is 19.6. The Morgan fingerprint density at radius 2 is 2.06 bits per heavy atom. The first kappa shape index (κ1) is 12.9. The predicted molar refractivity (Wildman–Crippen MR) is 56.7 cm³/mol. The molecule has 16 heavy (non-hydrogen) atoms. The summed E-state index contributed by atoms with van der Waals surface area (Å²) in [5.41, 5.74) is 5.03. The van der Waals surface area contributed by atoms with Crippen molar-refractivity contribution in [1.29, 1.82) is 0 Å². The van der Waals surface area contributed by atoms with Gasteiger partial charge >= 0.3 is 5.97 Å². The Morgan fingerprint density at radius 3 is 2.44 bits per heavy atom. The Balaban J connectivity index is 2.36. The van der Waals surface area contributed by atoms with Gasteiger partial charge in [-0.1, -0.05) is 0 Å². The number of hydrogen-bond donors (Lipinski definition) is 4. The molecule has 92 valence electrons. The van der Waals surface area contributed by atoms with Crippen molar-refractivity contribution >= 4 is 11.9 Å². The smallest absolute Gasteiger partial charge is 0.303 e. The number of carbonyl (C=O) groups excluding carboxylic acids is 1. The maximum absolute atomic E-state index is 11.6. The van der Waals surface area contributed by atoms with Crippen LogP contribution in [0.25, 0.3) is 0 Å².